The van der Waals surface area contributed by atoms with Gasteiger partial charge in [0.25, 0.3) is 0 Å². The Bertz CT molecular complexity index is 747. The van der Waals surface area contributed by atoms with E-state index in [0.29, 0.717) is 5.69 Å². The third-order valence-electron chi connectivity index (χ3n) is 3.23. The number of benzene rings is 1. The maximum Gasteiger partial charge on any atom is 0.240 e. The Morgan fingerprint density at radius 1 is 1.21 bits per heavy atom. The van der Waals surface area contributed by atoms with E-state index in [1.165, 1.54) is 6.07 Å². The summed E-state index contributed by atoms with van der Waals surface area (Å²) in [5.41, 5.74) is 9.36. The van der Waals surface area contributed by atoms with Gasteiger partial charge in [0, 0.05) is 5.69 Å². The molecule has 0 radical (unpaired) electrons. The topological polar surface area (TPSA) is 104 Å². The third-order valence-corrected chi connectivity index (χ3v) is 4.20. The van der Waals surface area contributed by atoms with E-state index < -0.39 is 10.0 Å². The molecule has 0 aliphatic heterocycles. The molecule has 0 saturated heterocycles. The molecular weight excluding hydrogens is 264 g/mol. The van der Waals surface area contributed by atoms with Crippen molar-refractivity contribution in [2.45, 2.75) is 25.7 Å². The van der Waals surface area contributed by atoms with Gasteiger partial charge in [-0.25, -0.2) is 18.2 Å². The van der Waals surface area contributed by atoms with Gasteiger partial charge >= 0.3 is 0 Å². The van der Waals surface area contributed by atoms with Crippen molar-refractivity contribution < 1.29 is 8.42 Å². The standard InChI is InChI=1S/C12H16N4O2S/c1-7-8(2)15-16(9(7)3)10-5-4-6-11(12(10)13)19(14,17)18/h4-6H,13H2,1-3H3,(H2,14,17,18). The molecule has 7 heteroatoms. The summed E-state index contributed by atoms with van der Waals surface area (Å²) in [6, 6.07) is 4.69. The summed E-state index contributed by atoms with van der Waals surface area (Å²) >= 11 is 0. The molecule has 2 aromatic rings. The largest absolute Gasteiger partial charge is 0.396 e. The Kier molecular flexibility index (Phi) is 3.11. The molecule has 1 heterocycles. The molecule has 1 aromatic carbocycles. The fourth-order valence-corrected chi connectivity index (χ4v) is 2.60. The minimum atomic E-state index is -3.85. The lowest BCUT2D eigenvalue weighted by molar-refractivity contribution is 0.598. The lowest BCUT2D eigenvalue weighted by Gasteiger charge is -2.11. The van der Waals surface area contributed by atoms with Gasteiger partial charge in [0.2, 0.25) is 10.0 Å². The maximum atomic E-state index is 11.5. The number of para-hydroxylation sites is 1. The van der Waals surface area contributed by atoms with Crippen LogP contribution in [0.15, 0.2) is 23.1 Å². The van der Waals surface area contributed by atoms with Gasteiger partial charge in [-0.1, -0.05) is 6.07 Å². The van der Waals surface area contributed by atoms with Crippen LogP contribution in [0.3, 0.4) is 0 Å². The molecule has 0 fully saturated rings. The van der Waals surface area contributed by atoms with Crippen molar-refractivity contribution in [1.82, 2.24) is 9.78 Å². The number of primary sulfonamides is 1. The van der Waals surface area contributed by atoms with Crippen molar-refractivity contribution in [3.05, 3.63) is 35.2 Å². The minimum absolute atomic E-state index is 0.0878. The summed E-state index contributed by atoms with van der Waals surface area (Å²) in [5, 5.41) is 9.51. The number of anilines is 1. The Labute approximate surface area is 112 Å². The molecule has 0 unspecified atom stereocenters. The van der Waals surface area contributed by atoms with Crippen molar-refractivity contribution in [3.63, 3.8) is 0 Å². The highest BCUT2D eigenvalue weighted by atomic mass is 32.2. The van der Waals surface area contributed by atoms with Gasteiger partial charge in [0.05, 0.1) is 17.1 Å². The highest BCUT2D eigenvalue weighted by molar-refractivity contribution is 7.89. The van der Waals surface area contributed by atoms with Crippen LogP contribution in [0.4, 0.5) is 5.69 Å². The highest BCUT2D eigenvalue weighted by Crippen LogP contribution is 2.26. The zero-order valence-corrected chi connectivity index (χ0v) is 11.8. The molecule has 2 rings (SSSR count). The molecule has 19 heavy (non-hydrogen) atoms. The zero-order chi connectivity index (χ0) is 14.4. The van der Waals surface area contributed by atoms with Gasteiger partial charge in [-0.3, -0.25) is 0 Å². The second-order valence-corrected chi connectivity index (χ2v) is 5.97. The molecule has 0 bridgehead atoms. The van der Waals surface area contributed by atoms with E-state index >= 15 is 0 Å². The number of hydrogen-bond acceptors (Lipinski definition) is 4. The number of sulfonamides is 1. The van der Waals surface area contributed by atoms with E-state index in [2.05, 4.69) is 5.10 Å². The summed E-state index contributed by atoms with van der Waals surface area (Å²) < 4.78 is 24.6. The lowest BCUT2D eigenvalue weighted by atomic mass is 10.2. The first-order valence-electron chi connectivity index (χ1n) is 5.68. The Hall–Kier alpha value is -1.86. The molecule has 0 atom stereocenters. The summed E-state index contributed by atoms with van der Waals surface area (Å²) in [5.74, 6) is 0. The molecule has 0 aliphatic carbocycles. The number of aryl methyl sites for hydroxylation is 1. The SMILES string of the molecule is Cc1nn(-c2cccc(S(N)(=O)=O)c2N)c(C)c1C. The van der Waals surface area contributed by atoms with Crippen LogP contribution in [0, 0.1) is 20.8 Å². The first kappa shape index (κ1) is 13.6. The maximum absolute atomic E-state index is 11.5. The van der Waals surface area contributed by atoms with E-state index in [1.54, 1.807) is 16.8 Å². The van der Waals surface area contributed by atoms with Crippen molar-refractivity contribution in [2.24, 2.45) is 5.14 Å². The number of nitrogens with two attached hydrogens (primary N) is 2. The van der Waals surface area contributed by atoms with Crippen LogP contribution in [-0.2, 0) is 10.0 Å². The average molecular weight is 280 g/mol. The second-order valence-electron chi connectivity index (χ2n) is 4.44. The van der Waals surface area contributed by atoms with E-state index in [0.717, 1.165) is 17.0 Å². The van der Waals surface area contributed by atoms with Crippen molar-refractivity contribution in [1.29, 1.82) is 0 Å². The predicted octanol–water partition coefficient (Wildman–Crippen LogP) is 1.03. The molecular formula is C12H16N4O2S. The van der Waals surface area contributed by atoms with Crippen LogP contribution >= 0.6 is 0 Å². The van der Waals surface area contributed by atoms with E-state index in [9.17, 15) is 8.42 Å². The second kappa shape index (κ2) is 4.36. The predicted molar refractivity (Wildman–Crippen MR) is 73.6 cm³/mol. The number of nitrogens with zero attached hydrogens (tertiary/aromatic N) is 2. The third kappa shape index (κ3) is 2.22. The Morgan fingerprint density at radius 2 is 1.84 bits per heavy atom. The number of hydrogen-bond donors (Lipinski definition) is 2. The van der Waals surface area contributed by atoms with Crippen LogP contribution in [0.1, 0.15) is 17.0 Å². The number of rotatable bonds is 2. The first-order valence-corrected chi connectivity index (χ1v) is 7.22. The summed E-state index contributed by atoms with van der Waals surface area (Å²) in [6.07, 6.45) is 0. The Morgan fingerprint density at radius 3 is 2.32 bits per heavy atom. The van der Waals surface area contributed by atoms with Crippen LogP contribution in [0.5, 0.6) is 0 Å². The molecule has 4 N–H and O–H groups in total. The lowest BCUT2D eigenvalue weighted by Crippen LogP contribution is -2.16. The van der Waals surface area contributed by atoms with Crippen LogP contribution in [0.2, 0.25) is 0 Å². The fourth-order valence-electron chi connectivity index (χ4n) is 1.92. The molecule has 0 spiro atoms. The first-order chi connectivity index (χ1) is 8.73. The molecule has 0 saturated carbocycles. The molecule has 0 aliphatic rings. The normalized spacial score (nSPS) is 11.8. The van der Waals surface area contributed by atoms with Gasteiger partial charge in [0.1, 0.15) is 4.90 Å². The Balaban J connectivity index is 2.74. The quantitative estimate of drug-likeness (QED) is 0.801. The van der Waals surface area contributed by atoms with E-state index in [1.807, 2.05) is 20.8 Å². The molecule has 0 amide bonds. The van der Waals surface area contributed by atoms with Crippen molar-refractivity contribution in [3.8, 4) is 5.69 Å². The summed E-state index contributed by atoms with van der Waals surface area (Å²) in [6.45, 7) is 5.74. The van der Waals surface area contributed by atoms with Crippen LogP contribution in [-0.4, -0.2) is 18.2 Å². The number of aromatic nitrogens is 2. The van der Waals surface area contributed by atoms with Crippen molar-refractivity contribution in [2.75, 3.05) is 5.73 Å². The molecule has 102 valence electrons. The fraction of sp³-hybridized carbons (Fsp3) is 0.250. The smallest absolute Gasteiger partial charge is 0.240 e. The van der Waals surface area contributed by atoms with Gasteiger partial charge in [-0.15, -0.1) is 0 Å². The summed E-state index contributed by atoms with van der Waals surface area (Å²) in [7, 11) is -3.85. The van der Waals surface area contributed by atoms with Crippen LogP contribution < -0.4 is 10.9 Å². The van der Waals surface area contributed by atoms with Crippen LogP contribution in [0.25, 0.3) is 5.69 Å². The molecule has 6 nitrogen and oxygen atoms in total. The van der Waals surface area contributed by atoms with E-state index in [-0.39, 0.29) is 10.6 Å². The van der Waals surface area contributed by atoms with E-state index in [4.69, 9.17) is 10.9 Å². The summed E-state index contributed by atoms with van der Waals surface area (Å²) in [4.78, 5) is -0.0878. The monoisotopic (exact) mass is 280 g/mol. The minimum Gasteiger partial charge on any atom is -0.396 e. The number of nitrogen functional groups attached to an aromatic ring is 1. The van der Waals surface area contributed by atoms with Gasteiger partial charge in [0.15, 0.2) is 0 Å². The average Bonchev–Trinajstić information content (AvgIpc) is 2.56. The highest BCUT2D eigenvalue weighted by Gasteiger charge is 2.18. The van der Waals surface area contributed by atoms with Gasteiger partial charge in [-0.05, 0) is 38.5 Å². The van der Waals surface area contributed by atoms with Gasteiger partial charge < -0.3 is 5.73 Å². The molecule has 1 aromatic heterocycles. The van der Waals surface area contributed by atoms with Crippen molar-refractivity contribution >= 4 is 15.7 Å². The van der Waals surface area contributed by atoms with Gasteiger partial charge in [-0.2, -0.15) is 5.10 Å². The zero-order valence-electron chi connectivity index (χ0n) is 11.0.